The molecule has 2 aromatic carbocycles. The number of morpholine rings is 1. The molecule has 3 heterocycles. The molecule has 0 N–H and O–H groups in total. The number of rotatable bonds is 8. The van der Waals surface area contributed by atoms with Crippen LogP contribution in [0.5, 0.6) is 11.5 Å². The maximum absolute atomic E-state index is 14.1. The van der Waals surface area contributed by atoms with Crippen LogP contribution in [0, 0.1) is 0 Å². The number of likely N-dealkylation sites (N-methyl/N-ethyl adjacent to an activating group) is 1. The molecule has 1 saturated heterocycles. The van der Waals surface area contributed by atoms with E-state index in [1.165, 1.54) is 11.3 Å². The topological polar surface area (TPSA) is 85.6 Å². The number of hydrogen-bond acceptors (Lipinski definition) is 8. The summed E-state index contributed by atoms with van der Waals surface area (Å²) in [7, 11) is 3.17. The van der Waals surface area contributed by atoms with Gasteiger partial charge in [-0.3, -0.25) is 14.2 Å². The molecule has 41 heavy (non-hydrogen) atoms. The Bertz CT molecular complexity index is 1630. The molecular weight excluding hydrogens is 540 g/mol. The number of benzene rings is 2. The van der Waals surface area contributed by atoms with Gasteiger partial charge < -0.3 is 24.0 Å². The molecule has 5 rings (SSSR count). The summed E-state index contributed by atoms with van der Waals surface area (Å²) >= 11 is 1.32. The Morgan fingerprint density at radius 3 is 2.44 bits per heavy atom. The number of fused-ring (bicyclic) bond motifs is 1. The van der Waals surface area contributed by atoms with Crippen LogP contribution in [0.3, 0.4) is 0 Å². The molecule has 216 valence electrons. The van der Waals surface area contributed by atoms with Crippen molar-refractivity contribution < 1.29 is 19.0 Å². The van der Waals surface area contributed by atoms with Crippen LogP contribution in [-0.4, -0.2) is 69.0 Å². The molecule has 1 amide bonds. The highest BCUT2D eigenvalue weighted by molar-refractivity contribution is 7.07. The third-order valence-corrected chi connectivity index (χ3v) is 8.58. The van der Waals surface area contributed by atoms with Crippen LogP contribution in [0.25, 0.3) is 6.08 Å². The summed E-state index contributed by atoms with van der Waals surface area (Å²) in [6, 6.07) is 12.9. The second-order valence-corrected chi connectivity index (χ2v) is 10.9. The van der Waals surface area contributed by atoms with E-state index < -0.39 is 6.04 Å². The van der Waals surface area contributed by atoms with Crippen molar-refractivity contribution in [2.45, 2.75) is 26.8 Å². The van der Waals surface area contributed by atoms with E-state index in [0.29, 0.717) is 50.8 Å². The first-order chi connectivity index (χ1) is 19.9. The van der Waals surface area contributed by atoms with Gasteiger partial charge in [-0.25, -0.2) is 4.99 Å². The van der Waals surface area contributed by atoms with Crippen LogP contribution >= 0.6 is 11.3 Å². The zero-order valence-corrected chi connectivity index (χ0v) is 25.0. The number of ether oxygens (including phenoxy) is 3. The molecule has 0 bridgehead atoms. The fourth-order valence-electron chi connectivity index (χ4n) is 5.38. The first-order valence-corrected chi connectivity index (χ1v) is 14.7. The third kappa shape index (κ3) is 5.54. The van der Waals surface area contributed by atoms with E-state index in [4.69, 9.17) is 19.2 Å². The summed E-state index contributed by atoms with van der Waals surface area (Å²) in [5, 5.41) is 0. The molecular formula is C31H36N4O5S. The average molecular weight is 577 g/mol. The van der Waals surface area contributed by atoms with Gasteiger partial charge in [-0.2, -0.15) is 0 Å². The van der Waals surface area contributed by atoms with Gasteiger partial charge in [0.1, 0.15) is 17.5 Å². The number of hydrogen-bond donors (Lipinski definition) is 0. The number of methoxy groups -OCH3 is 2. The predicted molar refractivity (Wildman–Crippen MR) is 161 cm³/mol. The normalized spacial score (nSPS) is 17.2. The minimum absolute atomic E-state index is 0.154. The minimum atomic E-state index is -0.727. The highest BCUT2D eigenvalue weighted by Gasteiger charge is 2.36. The molecule has 0 radical (unpaired) electrons. The van der Waals surface area contributed by atoms with Crippen molar-refractivity contribution in [2.75, 3.05) is 58.5 Å². The van der Waals surface area contributed by atoms with E-state index in [1.54, 1.807) is 35.8 Å². The molecule has 0 aliphatic carbocycles. The maximum atomic E-state index is 14.1. The van der Waals surface area contributed by atoms with Crippen molar-refractivity contribution in [2.24, 2.45) is 4.99 Å². The number of amides is 1. The van der Waals surface area contributed by atoms with Crippen LogP contribution in [0.15, 0.2) is 63.5 Å². The van der Waals surface area contributed by atoms with Gasteiger partial charge in [-0.1, -0.05) is 23.5 Å². The number of carbonyl (C=O) groups excluding carboxylic acids is 1. The Morgan fingerprint density at radius 1 is 1.10 bits per heavy atom. The minimum Gasteiger partial charge on any atom is -0.497 e. The standard InChI is InChI=1S/C31H36N4O5S/c1-6-33(7-2)30(37)27-20(3)32-31-35(28(27)24-19-23(38-4)12-13-25(24)39-5)29(36)26(41-31)18-21-8-10-22(11-9-21)34-14-16-40-17-15-34/h8-13,18-19,28H,6-7,14-17H2,1-5H3/b26-18-/t28-/m0/s1. The van der Waals surface area contributed by atoms with Crippen molar-refractivity contribution in [1.29, 1.82) is 0 Å². The lowest BCUT2D eigenvalue weighted by atomic mass is 9.93. The maximum Gasteiger partial charge on any atom is 0.271 e. The summed E-state index contributed by atoms with van der Waals surface area (Å²) in [5.41, 5.74) is 3.54. The SMILES string of the molecule is CCN(CC)C(=O)C1=C(C)N=c2s/c(=C\c3ccc(N4CCOCC4)cc3)c(=O)n2[C@H]1c1cc(OC)ccc1OC. The number of carbonyl (C=O) groups is 1. The zero-order valence-electron chi connectivity index (χ0n) is 24.2. The predicted octanol–water partition coefficient (Wildman–Crippen LogP) is 2.96. The van der Waals surface area contributed by atoms with Crippen LogP contribution < -0.4 is 29.3 Å². The molecule has 3 aromatic rings. The molecule has 10 heteroatoms. The highest BCUT2D eigenvalue weighted by Crippen LogP contribution is 2.38. The van der Waals surface area contributed by atoms with E-state index in [9.17, 15) is 9.59 Å². The lowest BCUT2D eigenvalue weighted by Crippen LogP contribution is -2.43. The average Bonchev–Trinajstić information content (AvgIpc) is 3.31. The van der Waals surface area contributed by atoms with E-state index in [0.717, 1.165) is 37.6 Å². The summed E-state index contributed by atoms with van der Waals surface area (Å²) < 4.78 is 18.9. The Labute approximate surface area is 243 Å². The van der Waals surface area contributed by atoms with Crippen molar-refractivity contribution in [3.63, 3.8) is 0 Å². The Hall–Kier alpha value is -3.89. The molecule has 1 atom stereocenters. The summed E-state index contributed by atoms with van der Waals surface area (Å²) in [6.07, 6.45) is 1.89. The fourth-order valence-corrected chi connectivity index (χ4v) is 6.42. The Kier molecular flexibility index (Phi) is 8.60. The van der Waals surface area contributed by atoms with Crippen molar-refractivity contribution >= 4 is 29.0 Å². The van der Waals surface area contributed by atoms with Gasteiger partial charge in [0.05, 0.1) is 43.2 Å². The molecule has 0 unspecified atom stereocenters. The number of allylic oxidation sites excluding steroid dienone is 1. The van der Waals surface area contributed by atoms with Crippen molar-refractivity contribution in [3.05, 3.63) is 84.5 Å². The molecule has 2 aliphatic heterocycles. The van der Waals surface area contributed by atoms with Gasteiger partial charge in [-0.05, 0) is 62.7 Å². The number of thiazole rings is 1. The second-order valence-electron chi connectivity index (χ2n) is 9.86. The molecule has 0 saturated carbocycles. The largest absolute Gasteiger partial charge is 0.497 e. The first kappa shape index (κ1) is 28.6. The quantitative estimate of drug-likeness (QED) is 0.410. The highest BCUT2D eigenvalue weighted by atomic mass is 32.1. The number of nitrogens with zero attached hydrogens (tertiary/aromatic N) is 4. The van der Waals surface area contributed by atoms with Crippen LogP contribution in [0.2, 0.25) is 0 Å². The molecule has 1 fully saturated rings. The molecule has 1 aromatic heterocycles. The van der Waals surface area contributed by atoms with Gasteiger partial charge in [0.15, 0.2) is 4.80 Å². The van der Waals surface area contributed by atoms with Crippen molar-refractivity contribution in [3.8, 4) is 11.5 Å². The number of anilines is 1. The van der Waals surface area contributed by atoms with Crippen LogP contribution in [-0.2, 0) is 9.53 Å². The second kappa shape index (κ2) is 12.3. The molecule has 9 nitrogen and oxygen atoms in total. The van der Waals surface area contributed by atoms with E-state index in [-0.39, 0.29) is 11.5 Å². The summed E-state index contributed by atoms with van der Waals surface area (Å²) in [6.45, 7) is 9.96. The molecule has 2 aliphatic rings. The smallest absolute Gasteiger partial charge is 0.271 e. The lowest BCUT2D eigenvalue weighted by molar-refractivity contribution is -0.127. The fraction of sp³-hybridized carbons (Fsp3) is 0.387. The van der Waals surface area contributed by atoms with Crippen LogP contribution in [0.1, 0.15) is 37.9 Å². The van der Waals surface area contributed by atoms with Crippen LogP contribution in [0.4, 0.5) is 5.69 Å². The summed E-state index contributed by atoms with van der Waals surface area (Å²) in [5.74, 6) is 1.01. The zero-order chi connectivity index (χ0) is 29.1. The van der Waals surface area contributed by atoms with Gasteiger partial charge in [0.2, 0.25) is 0 Å². The van der Waals surface area contributed by atoms with E-state index in [2.05, 4.69) is 17.0 Å². The Morgan fingerprint density at radius 2 is 1.80 bits per heavy atom. The van der Waals surface area contributed by atoms with Gasteiger partial charge in [0, 0.05) is 37.4 Å². The van der Waals surface area contributed by atoms with Gasteiger partial charge >= 0.3 is 0 Å². The Balaban J connectivity index is 1.65. The number of aromatic nitrogens is 1. The van der Waals surface area contributed by atoms with E-state index >= 15 is 0 Å². The van der Waals surface area contributed by atoms with Gasteiger partial charge in [-0.15, -0.1) is 0 Å². The first-order valence-electron chi connectivity index (χ1n) is 13.9. The third-order valence-electron chi connectivity index (χ3n) is 7.60. The van der Waals surface area contributed by atoms with E-state index in [1.807, 2.05) is 45.0 Å². The molecule has 0 spiro atoms. The van der Waals surface area contributed by atoms with Crippen molar-refractivity contribution in [1.82, 2.24) is 9.47 Å². The lowest BCUT2D eigenvalue weighted by Gasteiger charge is -2.30. The van der Waals surface area contributed by atoms with Gasteiger partial charge in [0.25, 0.3) is 11.5 Å². The monoisotopic (exact) mass is 576 g/mol. The summed E-state index contributed by atoms with van der Waals surface area (Å²) in [4.78, 5) is 37.3.